The lowest BCUT2D eigenvalue weighted by Gasteiger charge is -2.40. The van der Waals surface area contributed by atoms with Crippen LogP contribution in [0.2, 0.25) is 0 Å². The van der Waals surface area contributed by atoms with E-state index in [2.05, 4.69) is 17.3 Å². The smallest absolute Gasteiger partial charge is 0.112 e. The summed E-state index contributed by atoms with van der Waals surface area (Å²) >= 11 is 0. The number of hydrogen-bond acceptors (Lipinski definition) is 3. The summed E-state index contributed by atoms with van der Waals surface area (Å²) in [7, 11) is 0. The molecule has 1 heterocycles. The Kier molecular flexibility index (Phi) is 3.16. The standard InChI is InChI=1S/C11H16N2O/c1-4-6-13-11(9-12)5-7-14-10(2,3)8-11/h1,13H,5-8H2,2-3H3. The van der Waals surface area contributed by atoms with E-state index in [9.17, 15) is 0 Å². The van der Waals surface area contributed by atoms with E-state index in [0.717, 1.165) is 0 Å². The van der Waals surface area contributed by atoms with Gasteiger partial charge in [0, 0.05) is 12.8 Å². The van der Waals surface area contributed by atoms with Crippen LogP contribution in [0, 0.1) is 23.7 Å². The zero-order valence-electron chi connectivity index (χ0n) is 8.76. The number of nitrogens with one attached hydrogen (secondary N) is 1. The van der Waals surface area contributed by atoms with Crippen LogP contribution in [0.15, 0.2) is 0 Å². The van der Waals surface area contributed by atoms with Gasteiger partial charge in [0.25, 0.3) is 0 Å². The Morgan fingerprint density at radius 1 is 1.57 bits per heavy atom. The molecule has 0 bridgehead atoms. The molecule has 0 radical (unpaired) electrons. The lowest BCUT2D eigenvalue weighted by molar-refractivity contribution is -0.0753. The lowest BCUT2D eigenvalue weighted by atomic mass is 9.82. The average Bonchev–Trinajstić information content (AvgIpc) is 2.13. The molecule has 1 N–H and O–H groups in total. The van der Waals surface area contributed by atoms with Crippen LogP contribution in [0.5, 0.6) is 0 Å². The molecule has 0 aliphatic carbocycles. The Hall–Kier alpha value is -1.03. The molecule has 1 saturated heterocycles. The highest BCUT2D eigenvalue weighted by Crippen LogP contribution is 2.31. The molecule has 76 valence electrons. The molecular formula is C11H16N2O. The summed E-state index contributed by atoms with van der Waals surface area (Å²) in [6, 6.07) is 2.32. The van der Waals surface area contributed by atoms with Crippen molar-refractivity contribution in [2.75, 3.05) is 13.2 Å². The first-order valence-corrected chi connectivity index (χ1v) is 4.77. The Bertz CT molecular complexity index is 285. The number of nitriles is 1. The normalized spacial score (nSPS) is 30.3. The summed E-state index contributed by atoms with van der Waals surface area (Å²) in [4.78, 5) is 0. The van der Waals surface area contributed by atoms with E-state index in [1.165, 1.54) is 0 Å². The van der Waals surface area contributed by atoms with Gasteiger partial charge in [0.15, 0.2) is 0 Å². The third kappa shape index (κ3) is 2.48. The van der Waals surface area contributed by atoms with Crippen molar-refractivity contribution in [3.63, 3.8) is 0 Å². The van der Waals surface area contributed by atoms with Gasteiger partial charge in [-0.3, -0.25) is 5.32 Å². The molecule has 3 nitrogen and oxygen atoms in total. The van der Waals surface area contributed by atoms with Gasteiger partial charge in [0.1, 0.15) is 5.54 Å². The second kappa shape index (κ2) is 4.00. The van der Waals surface area contributed by atoms with Gasteiger partial charge >= 0.3 is 0 Å². The van der Waals surface area contributed by atoms with Crippen LogP contribution in [-0.4, -0.2) is 24.3 Å². The summed E-state index contributed by atoms with van der Waals surface area (Å²) in [6.45, 7) is 5.04. The van der Waals surface area contributed by atoms with Crippen LogP contribution in [0.3, 0.4) is 0 Å². The molecular weight excluding hydrogens is 176 g/mol. The Balaban J connectivity index is 2.70. The number of hydrogen-bond donors (Lipinski definition) is 1. The number of rotatable bonds is 2. The topological polar surface area (TPSA) is 45.0 Å². The summed E-state index contributed by atoms with van der Waals surface area (Å²) < 4.78 is 5.56. The predicted molar refractivity (Wildman–Crippen MR) is 54.4 cm³/mol. The van der Waals surface area contributed by atoms with Crippen molar-refractivity contribution < 1.29 is 4.74 Å². The highest BCUT2D eigenvalue weighted by atomic mass is 16.5. The molecule has 3 heteroatoms. The predicted octanol–water partition coefficient (Wildman–Crippen LogP) is 1.06. The van der Waals surface area contributed by atoms with E-state index < -0.39 is 5.54 Å². The fourth-order valence-electron chi connectivity index (χ4n) is 1.87. The van der Waals surface area contributed by atoms with Crippen LogP contribution in [0.4, 0.5) is 0 Å². The van der Waals surface area contributed by atoms with Crippen LogP contribution in [0.1, 0.15) is 26.7 Å². The van der Waals surface area contributed by atoms with Crippen LogP contribution >= 0.6 is 0 Å². The molecule has 1 rings (SSSR count). The monoisotopic (exact) mass is 192 g/mol. The maximum absolute atomic E-state index is 9.16. The van der Waals surface area contributed by atoms with Gasteiger partial charge in [-0.25, -0.2) is 0 Å². The molecule has 1 aliphatic rings. The van der Waals surface area contributed by atoms with Gasteiger partial charge in [0.2, 0.25) is 0 Å². The first-order chi connectivity index (χ1) is 6.54. The molecule has 1 atom stereocenters. The minimum Gasteiger partial charge on any atom is -0.375 e. The molecule has 0 amide bonds. The van der Waals surface area contributed by atoms with E-state index in [-0.39, 0.29) is 5.60 Å². The van der Waals surface area contributed by atoms with Crippen molar-refractivity contribution in [1.82, 2.24) is 5.32 Å². The van der Waals surface area contributed by atoms with Crippen molar-refractivity contribution >= 4 is 0 Å². The lowest BCUT2D eigenvalue weighted by Crippen LogP contribution is -2.54. The van der Waals surface area contributed by atoms with E-state index in [4.69, 9.17) is 16.4 Å². The SMILES string of the molecule is C#CCNC1(C#N)CCOC(C)(C)C1. The number of terminal acetylenes is 1. The number of ether oxygens (including phenoxy) is 1. The van der Waals surface area contributed by atoms with Crippen molar-refractivity contribution in [1.29, 1.82) is 5.26 Å². The zero-order chi connectivity index (χ0) is 10.7. The fourth-order valence-corrected chi connectivity index (χ4v) is 1.87. The first-order valence-electron chi connectivity index (χ1n) is 4.77. The second-order valence-corrected chi connectivity index (χ2v) is 4.29. The molecule has 14 heavy (non-hydrogen) atoms. The van der Waals surface area contributed by atoms with Crippen LogP contribution < -0.4 is 5.32 Å². The van der Waals surface area contributed by atoms with Gasteiger partial charge in [-0.05, 0) is 13.8 Å². The highest BCUT2D eigenvalue weighted by Gasteiger charge is 2.40. The molecule has 0 aromatic heterocycles. The van der Waals surface area contributed by atoms with E-state index in [0.29, 0.717) is 26.0 Å². The van der Waals surface area contributed by atoms with Crippen LogP contribution in [0.25, 0.3) is 0 Å². The third-order valence-corrected chi connectivity index (χ3v) is 2.49. The summed E-state index contributed by atoms with van der Waals surface area (Å²) in [5, 5.41) is 12.3. The minimum atomic E-state index is -0.506. The van der Waals surface area contributed by atoms with Crippen LogP contribution in [-0.2, 0) is 4.74 Å². The molecule has 1 unspecified atom stereocenters. The van der Waals surface area contributed by atoms with Crippen molar-refractivity contribution in [2.24, 2.45) is 0 Å². The largest absolute Gasteiger partial charge is 0.375 e. The van der Waals surface area contributed by atoms with Gasteiger partial charge in [-0.2, -0.15) is 5.26 Å². The van der Waals surface area contributed by atoms with Gasteiger partial charge < -0.3 is 4.74 Å². The third-order valence-electron chi connectivity index (χ3n) is 2.49. The maximum Gasteiger partial charge on any atom is 0.112 e. The van der Waals surface area contributed by atoms with Crippen molar-refractivity contribution in [3.8, 4) is 18.4 Å². The second-order valence-electron chi connectivity index (χ2n) is 4.29. The number of nitrogens with zero attached hydrogens (tertiary/aromatic N) is 1. The maximum atomic E-state index is 9.16. The van der Waals surface area contributed by atoms with E-state index in [1.54, 1.807) is 0 Å². The molecule has 1 aliphatic heterocycles. The summed E-state index contributed by atoms with van der Waals surface area (Å²) in [5.74, 6) is 2.50. The summed E-state index contributed by atoms with van der Waals surface area (Å²) in [5.41, 5.74) is -0.746. The van der Waals surface area contributed by atoms with Crippen molar-refractivity contribution in [2.45, 2.75) is 37.8 Å². The van der Waals surface area contributed by atoms with Gasteiger partial charge in [0.05, 0.1) is 24.8 Å². The molecule has 0 aromatic carbocycles. The Morgan fingerprint density at radius 2 is 2.29 bits per heavy atom. The summed E-state index contributed by atoms with van der Waals surface area (Å²) in [6.07, 6.45) is 6.56. The van der Waals surface area contributed by atoms with E-state index in [1.807, 2.05) is 13.8 Å². The van der Waals surface area contributed by atoms with Gasteiger partial charge in [-0.1, -0.05) is 5.92 Å². The molecule has 1 fully saturated rings. The Labute approximate surface area is 85.4 Å². The zero-order valence-corrected chi connectivity index (χ0v) is 8.76. The first kappa shape index (κ1) is 11.0. The molecule has 0 aromatic rings. The molecule has 0 spiro atoms. The fraction of sp³-hybridized carbons (Fsp3) is 0.727. The van der Waals surface area contributed by atoms with Crippen molar-refractivity contribution in [3.05, 3.63) is 0 Å². The van der Waals surface area contributed by atoms with Gasteiger partial charge in [-0.15, -0.1) is 6.42 Å². The Morgan fingerprint density at radius 3 is 2.79 bits per heavy atom. The molecule has 0 saturated carbocycles. The quantitative estimate of drug-likeness (QED) is 0.665. The average molecular weight is 192 g/mol. The minimum absolute atomic E-state index is 0.240. The van der Waals surface area contributed by atoms with E-state index >= 15 is 0 Å². The highest BCUT2D eigenvalue weighted by molar-refractivity contribution is 5.13.